The maximum Gasteiger partial charge on any atom is 0.270 e. The number of nitrogens with zero attached hydrogens (tertiary/aromatic N) is 3. The molecule has 3 aromatic rings. The van der Waals surface area contributed by atoms with Crippen LogP contribution in [0.1, 0.15) is 21.7 Å². The van der Waals surface area contributed by atoms with E-state index in [1.807, 2.05) is 7.05 Å². The Bertz CT molecular complexity index is 1130. The van der Waals surface area contributed by atoms with E-state index >= 15 is 0 Å². The largest absolute Gasteiger partial charge is 0.345 e. The van der Waals surface area contributed by atoms with Gasteiger partial charge in [-0.1, -0.05) is 17.7 Å². The van der Waals surface area contributed by atoms with Crippen molar-refractivity contribution in [2.75, 3.05) is 0 Å². The van der Waals surface area contributed by atoms with E-state index < -0.39 is 15.8 Å². The zero-order valence-corrected chi connectivity index (χ0v) is 16.8. The summed E-state index contributed by atoms with van der Waals surface area (Å²) in [5.74, 6) is -1.07. The average Bonchev–Trinajstić information content (AvgIpc) is 3.12. The van der Waals surface area contributed by atoms with Gasteiger partial charge in [0.25, 0.3) is 5.91 Å². The maximum absolute atomic E-state index is 13.2. The number of pyridine rings is 1. The van der Waals surface area contributed by atoms with E-state index in [0.717, 1.165) is 18.2 Å². The van der Waals surface area contributed by atoms with E-state index in [2.05, 4.69) is 20.0 Å². The molecule has 0 atom stereocenters. The van der Waals surface area contributed by atoms with Crippen LogP contribution in [0.4, 0.5) is 4.39 Å². The highest BCUT2D eigenvalue weighted by molar-refractivity contribution is 7.89. The lowest BCUT2D eigenvalue weighted by Gasteiger charge is -2.08. The summed E-state index contributed by atoms with van der Waals surface area (Å²) >= 11 is 5.63. The van der Waals surface area contributed by atoms with Gasteiger partial charge < -0.3 is 9.88 Å². The van der Waals surface area contributed by atoms with E-state index in [-0.39, 0.29) is 34.6 Å². The van der Waals surface area contributed by atoms with E-state index in [4.69, 9.17) is 11.6 Å². The Hall–Kier alpha value is -2.82. The minimum Gasteiger partial charge on any atom is -0.345 e. The second kappa shape index (κ2) is 8.68. The first kappa shape index (κ1) is 20.9. The Kier molecular flexibility index (Phi) is 6.26. The first-order valence-electron chi connectivity index (χ1n) is 8.39. The lowest BCUT2D eigenvalue weighted by atomic mass is 10.2. The van der Waals surface area contributed by atoms with Crippen LogP contribution in [0.5, 0.6) is 0 Å². The van der Waals surface area contributed by atoms with Gasteiger partial charge in [-0.05, 0) is 29.8 Å². The number of aromatic nitrogens is 3. The molecular formula is C18H17ClFN5O3S. The smallest absolute Gasteiger partial charge is 0.270 e. The number of imidazole rings is 1. The van der Waals surface area contributed by atoms with Crippen molar-refractivity contribution in [3.05, 3.63) is 76.8 Å². The van der Waals surface area contributed by atoms with Crippen molar-refractivity contribution >= 4 is 27.5 Å². The monoisotopic (exact) mass is 437 g/mol. The van der Waals surface area contributed by atoms with Gasteiger partial charge in [0.05, 0.1) is 28.5 Å². The van der Waals surface area contributed by atoms with Gasteiger partial charge >= 0.3 is 0 Å². The zero-order valence-electron chi connectivity index (χ0n) is 15.3. The highest BCUT2D eigenvalue weighted by Gasteiger charge is 2.16. The molecule has 1 amide bonds. The number of nitrogens with one attached hydrogen (secondary N) is 2. The lowest BCUT2D eigenvalue weighted by Crippen LogP contribution is -2.25. The molecule has 2 N–H and O–H groups in total. The summed E-state index contributed by atoms with van der Waals surface area (Å²) in [6, 6.07) is 6.22. The van der Waals surface area contributed by atoms with Gasteiger partial charge in [-0.2, -0.15) is 0 Å². The Morgan fingerprint density at radius 3 is 2.62 bits per heavy atom. The van der Waals surface area contributed by atoms with Crippen molar-refractivity contribution in [1.29, 1.82) is 0 Å². The molecule has 0 fully saturated rings. The maximum atomic E-state index is 13.2. The van der Waals surface area contributed by atoms with Crippen LogP contribution in [0.3, 0.4) is 0 Å². The summed E-state index contributed by atoms with van der Waals surface area (Å²) in [6.45, 7) is 0.212. The van der Waals surface area contributed by atoms with Crippen molar-refractivity contribution in [1.82, 2.24) is 24.6 Å². The van der Waals surface area contributed by atoms with Gasteiger partial charge in [0.1, 0.15) is 11.5 Å². The van der Waals surface area contributed by atoms with Crippen LogP contribution >= 0.6 is 11.6 Å². The fraction of sp³-hybridized carbons (Fsp3) is 0.167. The fourth-order valence-electron chi connectivity index (χ4n) is 2.39. The molecule has 1 aromatic carbocycles. The number of aryl methyl sites for hydroxylation is 1. The quantitative estimate of drug-likeness (QED) is 0.588. The average molecular weight is 438 g/mol. The molecule has 29 heavy (non-hydrogen) atoms. The van der Waals surface area contributed by atoms with E-state index in [0.29, 0.717) is 11.3 Å². The minimum atomic E-state index is -3.88. The van der Waals surface area contributed by atoms with Crippen LogP contribution in [0.25, 0.3) is 0 Å². The van der Waals surface area contributed by atoms with Gasteiger partial charge in [-0.25, -0.2) is 22.5 Å². The molecule has 152 valence electrons. The molecule has 0 unspecified atom stereocenters. The summed E-state index contributed by atoms with van der Waals surface area (Å²) in [5.41, 5.74) is 1.45. The van der Waals surface area contributed by atoms with Crippen LogP contribution < -0.4 is 10.0 Å². The van der Waals surface area contributed by atoms with Gasteiger partial charge in [0.2, 0.25) is 10.0 Å². The standard InChI is InChI=1S/C18H17ClFN5O3S/c1-25-10-13(23-11-25)9-22-18(26)17-5-2-12(7-21-17)8-24-29(27,28)14-3-4-16(20)15(19)6-14/h2-7,10-11,24H,8-9H2,1H3,(H,22,26). The van der Waals surface area contributed by atoms with E-state index in [1.54, 1.807) is 23.2 Å². The van der Waals surface area contributed by atoms with Crippen LogP contribution in [0.2, 0.25) is 5.02 Å². The van der Waals surface area contributed by atoms with Gasteiger partial charge in [0, 0.05) is 26.0 Å². The number of carbonyl (C=O) groups is 1. The molecule has 11 heteroatoms. The van der Waals surface area contributed by atoms with Gasteiger partial charge in [0.15, 0.2) is 0 Å². The Labute approximate surface area is 171 Å². The van der Waals surface area contributed by atoms with E-state index in [1.165, 1.54) is 12.3 Å². The van der Waals surface area contributed by atoms with Crippen molar-refractivity contribution in [2.45, 2.75) is 18.0 Å². The van der Waals surface area contributed by atoms with Crippen molar-refractivity contribution in [2.24, 2.45) is 7.05 Å². The summed E-state index contributed by atoms with van der Waals surface area (Å²) in [4.78, 5) is 20.1. The Morgan fingerprint density at radius 2 is 2.00 bits per heavy atom. The molecule has 2 aromatic heterocycles. The zero-order chi connectivity index (χ0) is 21.0. The summed E-state index contributed by atoms with van der Waals surface area (Å²) in [6.07, 6.45) is 4.82. The number of rotatable bonds is 7. The molecule has 3 rings (SSSR count). The molecule has 0 saturated heterocycles. The first-order chi connectivity index (χ1) is 13.7. The van der Waals surface area contributed by atoms with Crippen molar-refractivity contribution in [3.8, 4) is 0 Å². The SMILES string of the molecule is Cn1cnc(CNC(=O)c2ccc(CNS(=O)(=O)c3ccc(F)c(Cl)c3)cn2)c1. The molecule has 2 heterocycles. The Morgan fingerprint density at radius 1 is 1.21 bits per heavy atom. The van der Waals surface area contributed by atoms with Crippen molar-refractivity contribution in [3.63, 3.8) is 0 Å². The molecule has 8 nitrogen and oxygen atoms in total. The van der Waals surface area contributed by atoms with Crippen LogP contribution in [0, 0.1) is 5.82 Å². The number of halogens is 2. The number of benzene rings is 1. The predicted molar refractivity (Wildman–Crippen MR) is 104 cm³/mol. The Balaban J connectivity index is 1.58. The van der Waals surface area contributed by atoms with Crippen LogP contribution in [-0.2, 0) is 30.2 Å². The number of carbonyl (C=O) groups excluding carboxylic acids is 1. The fourth-order valence-corrected chi connectivity index (χ4v) is 3.68. The highest BCUT2D eigenvalue weighted by Crippen LogP contribution is 2.19. The lowest BCUT2D eigenvalue weighted by molar-refractivity contribution is 0.0945. The van der Waals surface area contributed by atoms with Crippen LogP contribution in [0.15, 0.2) is 53.9 Å². The second-order valence-electron chi connectivity index (χ2n) is 6.17. The predicted octanol–water partition coefficient (Wildman–Crippen LogP) is 2.02. The van der Waals surface area contributed by atoms with Gasteiger partial charge in [-0.3, -0.25) is 9.78 Å². The minimum absolute atomic E-state index is 0.0554. The van der Waals surface area contributed by atoms with Gasteiger partial charge in [-0.15, -0.1) is 0 Å². The molecule has 0 spiro atoms. The molecule has 0 aliphatic rings. The molecular weight excluding hydrogens is 421 g/mol. The van der Waals surface area contributed by atoms with Crippen LogP contribution in [-0.4, -0.2) is 28.9 Å². The number of amides is 1. The first-order valence-corrected chi connectivity index (χ1v) is 10.3. The third-order valence-electron chi connectivity index (χ3n) is 3.91. The number of hydrogen-bond donors (Lipinski definition) is 2. The topological polar surface area (TPSA) is 106 Å². The molecule has 0 saturated carbocycles. The summed E-state index contributed by atoms with van der Waals surface area (Å²) in [5, 5.41) is 2.42. The normalized spacial score (nSPS) is 11.4. The number of sulfonamides is 1. The third-order valence-corrected chi connectivity index (χ3v) is 5.60. The summed E-state index contributed by atoms with van der Waals surface area (Å²) in [7, 11) is -2.05. The van der Waals surface area contributed by atoms with E-state index in [9.17, 15) is 17.6 Å². The molecule has 0 aliphatic heterocycles. The molecule has 0 bridgehead atoms. The van der Waals surface area contributed by atoms with Crippen molar-refractivity contribution < 1.29 is 17.6 Å². The highest BCUT2D eigenvalue weighted by atomic mass is 35.5. The number of hydrogen-bond acceptors (Lipinski definition) is 5. The molecule has 0 aliphatic carbocycles. The summed E-state index contributed by atoms with van der Waals surface area (Å²) < 4.78 is 41.9. The third kappa shape index (κ3) is 5.37. The second-order valence-corrected chi connectivity index (χ2v) is 8.34. The molecule has 0 radical (unpaired) electrons.